The lowest BCUT2D eigenvalue weighted by Crippen LogP contribution is -2.26. The van der Waals surface area contributed by atoms with Crippen LogP contribution >= 0.6 is 11.6 Å². The van der Waals surface area contributed by atoms with Crippen molar-refractivity contribution in [3.05, 3.63) is 23.8 Å². The molecule has 108 valence electrons. The average molecular weight is 299 g/mol. The van der Waals surface area contributed by atoms with Crippen LogP contribution in [0.25, 0.3) is 0 Å². The highest BCUT2D eigenvalue weighted by atomic mass is 35.5. The Labute approximate surface area is 121 Å². The van der Waals surface area contributed by atoms with E-state index in [1.54, 1.807) is 19.1 Å². The van der Waals surface area contributed by atoms with Crippen LogP contribution in [-0.4, -0.2) is 31.4 Å². The minimum atomic E-state index is -1.47. The molecular weight excluding hydrogens is 284 g/mol. The van der Waals surface area contributed by atoms with Crippen molar-refractivity contribution >= 4 is 17.6 Å². The molecule has 1 aromatic rings. The SMILES string of the molecule is COC(=O)C1(Cl)OC1(C)c1ccc2c(c1)OCCCO2. The highest BCUT2D eigenvalue weighted by Crippen LogP contribution is 2.59. The van der Waals surface area contributed by atoms with Gasteiger partial charge < -0.3 is 18.9 Å². The molecular formula is C14H15ClO5. The molecule has 0 bridgehead atoms. The van der Waals surface area contributed by atoms with Crippen molar-refractivity contribution in [2.45, 2.75) is 24.0 Å². The van der Waals surface area contributed by atoms with Crippen molar-refractivity contribution in [3.63, 3.8) is 0 Å². The van der Waals surface area contributed by atoms with E-state index in [4.69, 9.17) is 25.8 Å². The van der Waals surface area contributed by atoms with Crippen LogP contribution in [0.3, 0.4) is 0 Å². The fourth-order valence-corrected chi connectivity index (χ4v) is 2.67. The maximum absolute atomic E-state index is 11.7. The van der Waals surface area contributed by atoms with E-state index in [2.05, 4.69) is 4.74 Å². The standard InChI is InChI=1S/C14H15ClO5/c1-13(14(15,20-13)12(16)17-2)9-4-5-10-11(8-9)19-7-3-6-18-10/h4-5,8H,3,6-7H2,1-2H3. The van der Waals surface area contributed by atoms with Gasteiger partial charge in [-0.15, -0.1) is 0 Å². The molecule has 0 aliphatic carbocycles. The molecule has 2 aliphatic rings. The zero-order valence-corrected chi connectivity index (χ0v) is 12.0. The number of rotatable bonds is 2. The molecule has 20 heavy (non-hydrogen) atoms. The monoisotopic (exact) mass is 298 g/mol. The second kappa shape index (κ2) is 4.53. The molecule has 2 unspecified atom stereocenters. The minimum absolute atomic E-state index is 0.594. The van der Waals surface area contributed by atoms with Crippen LogP contribution < -0.4 is 9.47 Å². The van der Waals surface area contributed by atoms with Crippen molar-refractivity contribution in [1.29, 1.82) is 0 Å². The zero-order valence-electron chi connectivity index (χ0n) is 11.3. The largest absolute Gasteiger partial charge is 0.490 e. The second-order valence-electron chi connectivity index (χ2n) is 4.93. The Hall–Kier alpha value is -1.46. The van der Waals surface area contributed by atoms with E-state index < -0.39 is 16.6 Å². The molecule has 2 heterocycles. The number of benzene rings is 1. The van der Waals surface area contributed by atoms with Gasteiger partial charge in [-0.25, -0.2) is 4.79 Å². The zero-order chi connectivity index (χ0) is 14.4. The molecule has 0 spiro atoms. The Kier molecular flexibility index (Phi) is 3.06. The number of ether oxygens (including phenoxy) is 4. The van der Waals surface area contributed by atoms with Crippen LogP contribution in [0.1, 0.15) is 18.9 Å². The van der Waals surface area contributed by atoms with Crippen molar-refractivity contribution < 1.29 is 23.7 Å². The normalized spacial score (nSPS) is 31.4. The molecule has 1 aromatic carbocycles. The maximum Gasteiger partial charge on any atom is 0.357 e. The summed E-state index contributed by atoms with van der Waals surface area (Å²) < 4.78 is 21.3. The van der Waals surface area contributed by atoms with Gasteiger partial charge in [0.15, 0.2) is 11.5 Å². The maximum atomic E-state index is 11.7. The van der Waals surface area contributed by atoms with E-state index in [0.29, 0.717) is 24.7 Å². The van der Waals surface area contributed by atoms with E-state index in [9.17, 15) is 4.79 Å². The van der Waals surface area contributed by atoms with E-state index in [-0.39, 0.29) is 0 Å². The number of carbonyl (C=O) groups is 1. The van der Waals surface area contributed by atoms with Crippen LogP contribution in [0.4, 0.5) is 0 Å². The van der Waals surface area contributed by atoms with Gasteiger partial charge in [-0.1, -0.05) is 17.7 Å². The third kappa shape index (κ3) is 1.84. The predicted molar refractivity (Wildman–Crippen MR) is 71.1 cm³/mol. The first-order chi connectivity index (χ1) is 9.51. The average Bonchev–Trinajstić information content (AvgIpc) is 3.11. The summed E-state index contributed by atoms with van der Waals surface area (Å²) in [5.41, 5.74) is -0.172. The van der Waals surface area contributed by atoms with E-state index in [1.165, 1.54) is 7.11 Å². The first kappa shape index (κ1) is 13.5. The lowest BCUT2D eigenvalue weighted by molar-refractivity contribution is -0.143. The molecule has 0 aromatic heterocycles. The topological polar surface area (TPSA) is 57.3 Å². The summed E-state index contributed by atoms with van der Waals surface area (Å²) in [7, 11) is 1.28. The Balaban J connectivity index is 1.93. The molecule has 1 fully saturated rings. The number of alkyl halides is 1. The van der Waals surface area contributed by atoms with Gasteiger partial charge in [-0.2, -0.15) is 0 Å². The lowest BCUT2D eigenvalue weighted by Gasteiger charge is -2.13. The Morgan fingerprint density at radius 2 is 2.00 bits per heavy atom. The summed E-state index contributed by atoms with van der Waals surface area (Å²) in [6, 6.07) is 5.42. The number of methoxy groups -OCH3 is 1. The predicted octanol–water partition coefficient (Wildman–Crippen LogP) is 2.20. The number of halogens is 1. The molecule has 0 N–H and O–H groups in total. The first-order valence-corrected chi connectivity index (χ1v) is 6.77. The van der Waals surface area contributed by atoms with Crippen molar-refractivity contribution in [2.75, 3.05) is 20.3 Å². The number of fused-ring (bicyclic) bond motifs is 1. The molecule has 0 radical (unpaired) electrons. The minimum Gasteiger partial charge on any atom is -0.490 e. The van der Waals surface area contributed by atoms with Crippen LogP contribution in [0.5, 0.6) is 11.5 Å². The van der Waals surface area contributed by atoms with E-state index in [1.807, 2.05) is 6.07 Å². The van der Waals surface area contributed by atoms with Crippen molar-refractivity contribution in [3.8, 4) is 11.5 Å². The first-order valence-electron chi connectivity index (χ1n) is 6.39. The summed E-state index contributed by atoms with van der Waals surface area (Å²) in [4.78, 5) is 11.7. The van der Waals surface area contributed by atoms with Gasteiger partial charge in [0.1, 0.15) is 5.60 Å². The number of epoxide rings is 1. The van der Waals surface area contributed by atoms with Gasteiger partial charge in [-0.3, -0.25) is 0 Å². The Morgan fingerprint density at radius 3 is 2.70 bits per heavy atom. The number of hydrogen-bond donors (Lipinski definition) is 0. The Bertz CT molecular complexity index is 560. The number of carbonyl (C=O) groups excluding carboxylic acids is 1. The van der Waals surface area contributed by atoms with Gasteiger partial charge in [0.25, 0.3) is 5.06 Å². The summed E-state index contributed by atoms with van der Waals surface area (Å²) in [5, 5.41) is -1.47. The van der Waals surface area contributed by atoms with E-state index in [0.717, 1.165) is 12.0 Å². The van der Waals surface area contributed by atoms with Gasteiger partial charge in [0, 0.05) is 6.42 Å². The van der Waals surface area contributed by atoms with Crippen molar-refractivity contribution in [2.24, 2.45) is 0 Å². The summed E-state index contributed by atoms with van der Waals surface area (Å²) >= 11 is 6.18. The molecule has 0 amide bonds. The summed E-state index contributed by atoms with van der Waals surface area (Å²) in [6.07, 6.45) is 0.833. The lowest BCUT2D eigenvalue weighted by atomic mass is 9.96. The van der Waals surface area contributed by atoms with Crippen molar-refractivity contribution in [1.82, 2.24) is 0 Å². The summed E-state index contributed by atoms with van der Waals surface area (Å²) in [5.74, 6) is 0.725. The molecule has 2 aliphatic heterocycles. The molecule has 2 atom stereocenters. The summed E-state index contributed by atoms with van der Waals surface area (Å²) in [6.45, 7) is 2.97. The third-order valence-electron chi connectivity index (χ3n) is 3.66. The second-order valence-corrected chi connectivity index (χ2v) is 5.47. The molecule has 6 heteroatoms. The number of esters is 1. The van der Waals surface area contributed by atoms with Gasteiger partial charge in [0.2, 0.25) is 0 Å². The van der Waals surface area contributed by atoms with Crippen LogP contribution in [0.2, 0.25) is 0 Å². The van der Waals surface area contributed by atoms with Crippen LogP contribution in [0.15, 0.2) is 18.2 Å². The fraction of sp³-hybridized carbons (Fsp3) is 0.500. The quantitative estimate of drug-likeness (QED) is 0.476. The van der Waals surface area contributed by atoms with Crippen LogP contribution in [0, 0.1) is 0 Å². The van der Waals surface area contributed by atoms with Gasteiger partial charge >= 0.3 is 5.97 Å². The molecule has 0 saturated carbocycles. The van der Waals surface area contributed by atoms with Gasteiger partial charge in [-0.05, 0) is 24.6 Å². The highest BCUT2D eigenvalue weighted by Gasteiger charge is 2.73. The highest BCUT2D eigenvalue weighted by molar-refractivity contribution is 6.35. The Morgan fingerprint density at radius 1 is 1.30 bits per heavy atom. The fourth-order valence-electron chi connectivity index (χ4n) is 2.33. The number of hydrogen-bond acceptors (Lipinski definition) is 5. The van der Waals surface area contributed by atoms with Crippen LogP contribution in [-0.2, 0) is 19.9 Å². The molecule has 3 rings (SSSR count). The third-order valence-corrected chi connectivity index (χ3v) is 4.26. The molecule has 5 nitrogen and oxygen atoms in total. The van der Waals surface area contributed by atoms with E-state index >= 15 is 0 Å². The van der Waals surface area contributed by atoms with Gasteiger partial charge in [0.05, 0.1) is 20.3 Å². The molecule has 1 saturated heterocycles. The smallest absolute Gasteiger partial charge is 0.357 e.